The molecule has 0 saturated heterocycles. The van der Waals surface area contributed by atoms with Gasteiger partial charge in [0.2, 0.25) is 0 Å². The molecule has 0 N–H and O–H groups in total. The second kappa shape index (κ2) is 7.07. The number of nitrogens with zero attached hydrogens (tertiary/aromatic N) is 3. The molecule has 0 spiro atoms. The molecule has 3 rings (SSSR count). The van der Waals surface area contributed by atoms with Crippen molar-refractivity contribution in [2.45, 2.75) is 5.16 Å². The van der Waals surface area contributed by atoms with Crippen LogP contribution in [0.3, 0.4) is 0 Å². The molecule has 2 aromatic carbocycles. The Morgan fingerprint density at radius 2 is 1.83 bits per heavy atom. The van der Waals surface area contributed by atoms with Crippen LogP contribution >= 0.6 is 11.8 Å². The van der Waals surface area contributed by atoms with E-state index in [9.17, 15) is 4.79 Å². The third-order valence-electron chi connectivity index (χ3n) is 3.26. The van der Waals surface area contributed by atoms with Crippen LogP contribution in [-0.2, 0) is 0 Å². The molecule has 114 valence electrons. The first kappa shape index (κ1) is 15.2. The molecular formula is C18H15N3OS. The van der Waals surface area contributed by atoms with Crippen molar-refractivity contribution < 1.29 is 0 Å². The summed E-state index contributed by atoms with van der Waals surface area (Å²) in [6.07, 6.45) is 7.22. The van der Waals surface area contributed by atoms with Gasteiger partial charge in [0.25, 0.3) is 5.56 Å². The standard InChI is InChI=1S/C18H15N3OS/c1-23-18-20-16-12-6-5-11-15(16)17(22)21(18)19-13-7-10-14-8-3-2-4-9-14/h2-13H,1H3/b10-7+,19-13+. The van der Waals surface area contributed by atoms with Gasteiger partial charge >= 0.3 is 0 Å². The topological polar surface area (TPSA) is 47.2 Å². The van der Waals surface area contributed by atoms with E-state index in [1.165, 1.54) is 16.4 Å². The summed E-state index contributed by atoms with van der Waals surface area (Å²) in [5.74, 6) is 0. The zero-order valence-electron chi connectivity index (χ0n) is 12.6. The summed E-state index contributed by atoms with van der Waals surface area (Å²) >= 11 is 1.39. The van der Waals surface area contributed by atoms with E-state index >= 15 is 0 Å². The number of hydrogen-bond donors (Lipinski definition) is 0. The predicted octanol–water partition coefficient (Wildman–Crippen LogP) is 3.67. The molecule has 0 aliphatic carbocycles. The number of allylic oxidation sites excluding steroid dienone is 1. The minimum Gasteiger partial charge on any atom is -0.267 e. The number of hydrogen-bond acceptors (Lipinski definition) is 4. The Kier molecular flexibility index (Phi) is 4.68. The van der Waals surface area contributed by atoms with Crippen LogP contribution in [0, 0.1) is 0 Å². The number of benzene rings is 2. The van der Waals surface area contributed by atoms with Gasteiger partial charge in [-0.1, -0.05) is 60.3 Å². The highest BCUT2D eigenvalue weighted by molar-refractivity contribution is 7.98. The monoisotopic (exact) mass is 321 g/mol. The van der Waals surface area contributed by atoms with Crippen LogP contribution in [0.4, 0.5) is 0 Å². The molecule has 0 radical (unpaired) electrons. The molecule has 0 aliphatic heterocycles. The van der Waals surface area contributed by atoms with Crippen molar-refractivity contribution in [3.8, 4) is 0 Å². The highest BCUT2D eigenvalue weighted by atomic mass is 32.2. The lowest BCUT2D eigenvalue weighted by Gasteiger charge is -2.05. The SMILES string of the molecule is CSc1nc2ccccc2c(=O)n1/N=C/C=C/c1ccccc1. The van der Waals surface area contributed by atoms with Crippen molar-refractivity contribution in [1.29, 1.82) is 0 Å². The Hall–Kier alpha value is -2.66. The van der Waals surface area contributed by atoms with E-state index in [1.54, 1.807) is 18.4 Å². The second-order valence-electron chi connectivity index (χ2n) is 4.77. The van der Waals surface area contributed by atoms with Crippen LogP contribution in [0.1, 0.15) is 5.56 Å². The van der Waals surface area contributed by atoms with Crippen molar-refractivity contribution in [3.63, 3.8) is 0 Å². The third-order valence-corrected chi connectivity index (χ3v) is 3.89. The second-order valence-corrected chi connectivity index (χ2v) is 5.54. The molecule has 1 heterocycles. The van der Waals surface area contributed by atoms with Gasteiger partial charge < -0.3 is 0 Å². The molecule has 1 aromatic heterocycles. The van der Waals surface area contributed by atoms with Gasteiger partial charge in [0, 0.05) is 6.21 Å². The van der Waals surface area contributed by atoms with Crippen molar-refractivity contribution in [2.75, 3.05) is 6.26 Å². The molecular weight excluding hydrogens is 306 g/mol. The molecule has 0 bridgehead atoms. The molecule has 0 amide bonds. The van der Waals surface area contributed by atoms with Crippen LogP contribution in [-0.4, -0.2) is 22.1 Å². The number of rotatable bonds is 4. The minimum absolute atomic E-state index is 0.163. The minimum atomic E-state index is -0.163. The Bertz CT molecular complexity index is 930. The van der Waals surface area contributed by atoms with E-state index in [0.717, 1.165) is 5.56 Å². The molecule has 4 nitrogen and oxygen atoms in total. The maximum absolute atomic E-state index is 12.5. The summed E-state index contributed by atoms with van der Waals surface area (Å²) in [7, 11) is 0. The number of aromatic nitrogens is 2. The maximum atomic E-state index is 12.5. The fraction of sp³-hybridized carbons (Fsp3) is 0.0556. The molecule has 23 heavy (non-hydrogen) atoms. The fourth-order valence-corrected chi connectivity index (χ4v) is 2.65. The van der Waals surface area contributed by atoms with Gasteiger partial charge in [-0.2, -0.15) is 9.78 Å². The van der Waals surface area contributed by atoms with Crippen molar-refractivity contribution >= 4 is 35.0 Å². The van der Waals surface area contributed by atoms with Gasteiger partial charge in [-0.25, -0.2) is 4.98 Å². The predicted molar refractivity (Wildman–Crippen MR) is 97.1 cm³/mol. The lowest BCUT2D eigenvalue weighted by molar-refractivity contribution is 0.709. The average molecular weight is 321 g/mol. The Balaban J connectivity index is 1.96. The van der Waals surface area contributed by atoms with Crippen LogP contribution in [0.2, 0.25) is 0 Å². The van der Waals surface area contributed by atoms with Crippen molar-refractivity contribution in [3.05, 3.63) is 76.6 Å². The third kappa shape index (κ3) is 3.40. The highest BCUT2D eigenvalue weighted by Crippen LogP contribution is 2.14. The van der Waals surface area contributed by atoms with Gasteiger partial charge in [0.1, 0.15) is 0 Å². The maximum Gasteiger partial charge on any atom is 0.282 e. The summed E-state index contributed by atoms with van der Waals surface area (Å²) in [6.45, 7) is 0. The Morgan fingerprint density at radius 1 is 1.09 bits per heavy atom. The summed E-state index contributed by atoms with van der Waals surface area (Å²) in [5.41, 5.74) is 1.60. The van der Waals surface area contributed by atoms with Crippen LogP contribution in [0.5, 0.6) is 0 Å². The van der Waals surface area contributed by atoms with E-state index in [0.29, 0.717) is 16.1 Å². The van der Waals surface area contributed by atoms with Gasteiger partial charge in [-0.15, -0.1) is 0 Å². The molecule has 0 aliphatic rings. The molecule has 5 heteroatoms. The van der Waals surface area contributed by atoms with E-state index in [4.69, 9.17) is 0 Å². The van der Waals surface area contributed by atoms with Crippen LogP contribution in [0.25, 0.3) is 17.0 Å². The smallest absolute Gasteiger partial charge is 0.267 e. The molecule has 0 atom stereocenters. The van der Waals surface area contributed by atoms with Crippen LogP contribution < -0.4 is 5.56 Å². The van der Waals surface area contributed by atoms with E-state index in [2.05, 4.69) is 10.1 Å². The summed E-state index contributed by atoms with van der Waals surface area (Å²) in [5, 5.41) is 5.38. The Labute approximate surface area is 138 Å². The highest BCUT2D eigenvalue weighted by Gasteiger charge is 2.08. The molecule has 3 aromatic rings. The van der Waals surface area contributed by atoms with Crippen LogP contribution in [0.15, 0.2) is 75.7 Å². The number of para-hydroxylation sites is 1. The van der Waals surface area contributed by atoms with E-state index in [-0.39, 0.29) is 5.56 Å². The van der Waals surface area contributed by atoms with Crippen molar-refractivity contribution in [2.24, 2.45) is 5.10 Å². The van der Waals surface area contributed by atoms with E-state index < -0.39 is 0 Å². The van der Waals surface area contributed by atoms with Gasteiger partial charge in [0.05, 0.1) is 10.9 Å². The zero-order chi connectivity index (χ0) is 16.1. The first-order chi connectivity index (χ1) is 11.3. The van der Waals surface area contributed by atoms with Crippen molar-refractivity contribution in [1.82, 2.24) is 9.66 Å². The average Bonchev–Trinajstić information content (AvgIpc) is 2.61. The first-order valence-electron chi connectivity index (χ1n) is 7.11. The fourth-order valence-electron chi connectivity index (χ4n) is 2.16. The lowest BCUT2D eigenvalue weighted by atomic mass is 10.2. The van der Waals surface area contributed by atoms with Gasteiger partial charge in [-0.3, -0.25) is 4.79 Å². The largest absolute Gasteiger partial charge is 0.282 e. The zero-order valence-corrected chi connectivity index (χ0v) is 13.4. The summed E-state index contributed by atoms with van der Waals surface area (Å²) < 4.78 is 1.34. The lowest BCUT2D eigenvalue weighted by Crippen LogP contribution is -2.19. The number of fused-ring (bicyclic) bond motifs is 1. The normalized spacial score (nSPS) is 11.7. The van der Waals surface area contributed by atoms with Gasteiger partial charge in [-0.05, 0) is 30.0 Å². The Morgan fingerprint density at radius 3 is 2.61 bits per heavy atom. The molecule has 0 unspecified atom stereocenters. The first-order valence-corrected chi connectivity index (χ1v) is 8.34. The van der Waals surface area contributed by atoms with Gasteiger partial charge in [0.15, 0.2) is 5.16 Å². The summed E-state index contributed by atoms with van der Waals surface area (Å²) in [6, 6.07) is 17.2. The molecule has 0 fully saturated rings. The van der Waals surface area contributed by atoms with E-state index in [1.807, 2.05) is 60.9 Å². The number of thioether (sulfide) groups is 1. The quantitative estimate of drug-likeness (QED) is 0.418. The summed E-state index contributed by atoms with van der Waals surface area (Å²) in [4.78, 5) is 17.0. The molecule has 0 saturated carbocycles.